The van der Waals surface area contributed by atoms with Crippen LogP contribution in [0.15, 0.2) is 30.3 Å². The van der Waals surface area contributed by atoms with Crippen LogP contribution in [-0.2, 0) is 9.59 Å². The van der Waals surface area contributed by atoms with Crippen LogP contribution in [0.5, 0.6) is 5.75 Å². The molecule has 0 spiro atoms. The van der Waals surface area contributed by atoms with Crippen molar-refractivity contribution in [3.8, 4) is 5.75 Å². The van der Waals surface area contributed by atoms with Gasteiger partial charge in [0.05, 0.1) is 5.92 Å². The molecular weight excluding hydrogens is 270 g/mol. The molecule has 3 atom stereocenters. The molecule has 1 aliphatic rings. The van der Waals surface area contributed by atoms with Crippen molar-refractivity contribution < 1.29 is 19.4 Å². The Labute approximate surface area is 124 Å². The molecule has 2 rings (SSSR count). The number of nitrogens with one attached hydrogen (secondary N) is 1. The third-order valence-corrected chi connectivity index (χ3v) is 3.81. The Balaban J connectivity index is 1.88. The average Bonchev–Trinajstić information content (AvgIpc) is 2.94. The second kappa shape index (κ2) is 7.11. The van der Waals surface area contributed by atoms with E-state index in [9.17, 15) is 9.59 Å². The topological polar surface area (TPSA) is 75.6 Å². The number of carbonyl (C=O) groups excluding carboxylic acids is 1. The van der Waals surface area contributed by atoms with E-state index >= 15 is 0 Å². The number of para-hydroxylation sites is 1. The molecular formula is C16H21NO4. The summed E-state index contributed by atoms with van der Waals surface area (Å²) in [6.07, 6.45) is 1.86. The lowest BCUT2D eigenvalue weighted by molar-refractivity contribution is -0.141. The minimum Gasteiger partial charge on any atom is -0.481 e. The molecule has 2 N–H and O–H groups in total. The van der Waals surface area contributed by atoms with Gasteiger partial charge in [0.1, 0.15) is 5.75 Å². The number of hydrogen-bond acceptors (Lipinski definition) is 3. The van der Waals surface area contributed by atoms with Crippen LogP contribution < -0.4 is 10.1 Å². The minimum absolute atomic E-state index is 0.0629. The van der Waals surface area contributed by atoms with Crippen molar-refractivity contribution >= 4 is 11.9 Å². The first-order valence-electron chi connectivity index (χ1n) is 7.35. The van der Waals surface area contributed by atoms with E-state index in [1.165, 1.54) is 0 Å². The zero-order valence-electron chi connectivity index (χ0n) is 12.1. The third-order valence-electron chi connectivity index (χ3n) is 3.81. The number of amides is 1. The summed E-state index contributed by atoms with van der Waals surface area (Å²) in [6, 6.07) is 9.16. The van der Waals surface area contributed by atoms with Gasteiger partial charge in [-0.05, 0) is 37.8 Å². The Morgan fingerprint density at radius 2 is 2.05 bits per heavy atom. The molecule has 0 aromatic heterocycles. The van der Waals surface area contributed by atoms with Crippen LogP contribution in [0, 0.1) is 5.92 Å². The van der Waals surface area contributed by atoms with Gasteiger partial charge in [0, 0.05) is 6.04 Å². The van der Waals surface area contributed by atoms with Crippen LogP contribution in [0.2, 0.25) is 0 Å². The second-order valence-electron chi connectivity index (χ2n) is 5.38. The number of hydrogen-bond donors (Lipinski definition) is 2. The average molecular weight is 291 g/mol. The number of carboxylic acids is 1. The van der Waals surface area contributed by atoms with Crippen LogP contribution >= 0.6 is 0 Å². The summed E-state index contributed by atoms with van der Waals surface area (Å²) in [5.41, 5.74) is 0. The van der Waals surface area contributed by atoms with E-state index < -0.39 is 12.1 Å². The number of rotatable bonds is 6. The number of ether oxygens (including phenoxy) is 1. The van der Waals surface area contributed by atoms with E-state index in [-0.39, 0.29) is 17.9 Å². The summed E-state index contributed by atoms with van der Waals surface area (Å²) in [4.78, 5) is 23.2. The van der Waals surface area contributed by atoms with Crippen molar-refractivity contribution in [2.24, 2.45) is 5.92 Å². The van der Waals surface area contributed by atoms with Gasteiger partial charge >= 0.3 is 5.97 Å². The van der Waals surface area contributed by atoms with Gasteiger partial charge in [-0.15, -0.1) is 0 Å². The Morgan fingerprint density at radius 3 is 2.62 bits per heavy atom. The van der Waals surface area contributed by atoms with E-state index in [1.807, 2.05) is 37.3 Å². The predicted octanol–water partition coefficient (Wildman–Crippen LogP) is 2.21. The molecule has 0 saturated heterocycles. The van der Waals surface area contributed by atoms with Gasteiger partial charge in [-0.25, -0.2) is 0 Å². The van der Waals surface area contributed by atoms with E-state index in [0.717, 1.165) is 0 Å². The molecule has 21 heavy (non-hydrogen) atoms. The highest BCUT2D eigenvalue weighted by atomic mass is 16.5. The maximum absolute atomic E-state index is 12.2. The lowest BCUT2D eigenvalue weighted by atomic mass is 10.1. The van der Waals surface area contributed by atoms with Crippen LogP contribution in [0.25, 0.3) is 0 Å². The highest BCUT2D eigenvalue weighted by molar-refractivity contribution is 5.81. The molecule has 1 amide bonds. The van der Waals surface area contributed by atoms with Gasteiger partial charge in [-0.2, -0.15) is 0 Å². The summed E-state index contributed by atoms with van der Waals surface area (Å²) in [7, 11) is 0. The lowest BCUT2D eigenvalue weighted by Gasteiger charge is -2.20. The van der Waals surface area contributed by atoms with Crippen LogP contribution in [0.4, 0.5) is 0 Å². The lowest BCUT2D eigenvalue weighted by Crippen LogP contribution is -2.42. The fourth-order valence-corrected chi connectivity index (χ4v) is 2.62. The van der Waals surface area contributed by atoms with Crippen molar-refractivity contribution in [2.45, 2.75) is 44.8 Å². The zero-order valence-corrected chi connectivity index (χ0v) is 12.1. The van der Waals surface area contributed by atoms with Crippen LogP contribution in [0.1, 0.15) is 32.6 Å². The molecule has 1 aliphatic carbocycles. The first-order valence-corrected chi connectivity index (χ1v) is 7.35. The number of benzene rings is 1. The summed E-state index contributed by atoms with van der Waals surface area (Å²) in [5.74, 6) is -0.628. The van der Waals surface area contributed by atoms with Gasteiger partial charge in [0.25, 0.3) is 5.91 Å². The second-order valence-corrected chi connectivity index (χ2v) is 5.38. The maximum atomic E-state index is 12.2. The number of aliphatic carboxylic acids is 1. The first-order chi connectivity index (χ1) is 10.1. The molecule has 0 heterocycles. The quantitative estimate of drug-likeness (QED) is 0.842. The summed E-state index contributed by atoms with van der Waals surface area (Å²) in [5, 5.41) is 11.9. The van der Waals surface area contributed by atoms with Crippen molar-refractivity contribution in [2.75, 3.05) is 0 Å². The largest absolute Gasteiger partial charge is 0.481 e. The van der Waals surface area contributed by atoms with Gasteiger partial charge in [0.2, 0.25) is 0 Å². The summed E-state index contributed by atoms with van der Waals surface area (Å²) < 4.78 is 5.68. The monoisotopic (exact) mass is 291 g/mol. The predicted molar refractivity (Wildman–Crippen MR) is 78.1 cm³/mol. The maximum Gasteiger partial charge on any atom is 0.306 e. The number of carbonyl (C=O) groups is 2. The zero-order chi connectivity index (χ0) is 15.2. The number of carboxylic acid groups (broad SMARTS) is 1. The Morgan fingerprint density at radius 1 is 1.33 bits per heavy atom. The van der Waals surface area contributed by atoms with Gasteiger partial charge in [-0.3, -0.25) is 9.59 Å². The fourth-order valence-electron chi connectivity index (χ4n) is 2.62. The Bertz CT molecular complexity index is 488. The molecule has 3 unspecified atom stereocenters. The fraction of sp³-hybridized carbons (Fsp3) is 0.500. The van der Waals surface area contributed by atoms with Crippen molar-refractivity contribution in [3.05, 3.63) is 30.3 Å². The van der Waals surface area contributed by atoms with E-state index in [1.54, 1.807) is 0 Å². The molecule has 1 saturated carbocycles. The molecule has 1 aromatic rings. The molecule has 5 heteroatoms. The van der Waals surface area contributed by atoms with E-state index in [4.69, 9.17) is 9.84 Å². The molecule has 0 bridgehead atoms. The molecule has 1 aromatic carbocycles. The molecule has 114 valence electrons. The van der Waals surface area contributed by atoms with Gasteiger partial charge in [0.15, 0.2) is 6.10 Å². The molecule has 1 fully saturated rings. The van der Waals surface area contributed by atoms with Crippen molar-refractivity contribution in [1.29, 1.82) is 0 Å². The van der Waals surface area contributed by atoms with Gasteiger partial charge < -0.3 is 15.2 Å². The Hall–Kier alpha value is -2.04. The molecule has 5 nitrogen and oxygen atoms in total. The van der Waals surface area contributed by atoms with Crippen molar-refractivity contribution in [3.63, 3.8) is 0 Å². The van der Waals surface area contributed by atoms with Crippen LogP contribution in [0.3, 0.4) is 0 Å². The van der Waals surface area contributed by atoms with Gasteiger partial charge in [-0.1, -0.05) is 25.1 Å². The molecule has 0 radical (unpaired) electrons. The first kappa shape index (κ1) is 15.4. The standard InChI is InChI=1S/C16H21NO4/c1-2-14(21-13-6-4-3-5-7-13)15(18)17-12-9-8-11(10-12)16(19)20/h3-7,11-12,14H,2,8-10H2,1H3,(H,17,18)(H,19,20). The van der Waals surface area contributed by atoms with E-state index in [2.05, 4.69) is 5.32 Å². The minimum atomic E-state index is -0.778. The normalized spacial score (nSPS) is 22.5. The summed E-state index contributed by atoms with van der Waals surface area (Å²) in [6.45, 7) is 1.89. The van der Waals surface area contributed by atoms with Crippen LogP contribution in [-0.4, -0.2) is 29.1 Å². The SMILES string of the molecule is CCC(Oc1ccccc1)C(=O)NC1CCC(C(=O)O)C1. The molecule has 0 aliphatic heterocycles. The third kappa shape index (κ3) is 4.21. The van der Waals surface area contributed by atoms with Crippen molar-refractivity contribution in [1.82, 2.24) is 5.32 Å². The highest BCUT2D eigenvalue weighted by Crippen LogP contribution is 2.26. The van der Waals surface area contributed by atoms with E-state index in [0.29, 0.717) is 31.4 Å². The smallest absolute Gasteiger partial charge is 0.306 e. The summed E-state index contributed by atoms with van der Waals surface area (Å²) >= 11 is 0. The Kier molecular flexibility index (Phi) is 5.20. The highest BCUT2D eigenvalue weighted by Gasteiger charge is 2.32.